The number of esters is 1. The zero-order chi connectivity index (χ0) is 24.4. The molecule has 5 aromatic rings. The van der Waals surface area contributed by atoms with Crippen molar-refractivity contribution in [2.45, 2.75) is 19.6 Å². The Morgan fingerprint density at radius 3 is 2.14 bits per heavy atom. The summed E-state index contributed by atoms with van der Waals surface area (Å²) in [7, 11) is 1.44. The number of thioether (sulfide) groups is 1. The molecule has 1 heterocycles. The van der Waals surface area contributed by atoms with E-state index in [1.807, 2.05) is 32.0 Å². The molecule has 176 valence electrons. The average Bonchev–Trinajstić information content (AvgIpc) is 3.27. The molecule has 0 spiro atoms. The molecule has 3 nitrogen and oxygen atoms in total. The van der Waals surface area contributed by atoms with Gasteiger partial charge in [-0.15, -0.1) is 0 Å². The first kappa shape index (κ1) is 23.3. The van der Waals surface area contributed by atoms with E-state index < -0.39 is 5.41 Å². The summed E-state index contributed by atoms with van der Waals surface area (Å²) < 4.78 is 11.1. The van der Waals surface area contributed by atoms with E-state index in [2.05, 4.69) is 72.8 Å². The van der Waals surface area contributed by atoms with Crippen molar-refractivity contribution < 1.29 is 13.9 Å². The van der Waals surface area contributed by atoms with E-state index in [-0.39, 0.29) is 5.97 Å². The summed E-state index contributed by atoms with van der Waals surface area (Å²) in [5.41, 5.74) is 7.21. The topological polar surface area (TPSA) is 39.4 Å². The maximum absolute atomic E-state index is 11.9. The Balaban J connectivity index is 1.31. The first-order chi connectivity index (χ1) is 17.0. The molecule has 0 radical (unpaired) electrons. The Kier molecular flexibility index (Phi) is 6.40. The lowest BCUT2D eigenvalue weighted by Gasteiger charge is -2.20. The third-order valence-electron chi connectivity index (χ3n) is 6.36. The Morgan fingerprint density at radius 2 is 1.43 bits per heavy atom. The number of para-hydroxylation sites is 2. The van der Waals surface area contributed by atoms with Gasteiger partial charge in [-0.25, -0.2) is 0 Å². The molecule has 0 bridgehead atoms. The van der Waals surface area contributed by atoms with Crippen molar-refractivity contribution in [3.63, 3.8) is 0 Å². The molecule has 4 aromatic carbocycles. The minimum Gasteiger partial charge on any atom is -0.469 e. The van der Waals surface area contributed by atoms with Crippen LogP contribution in [0.3, 0.4) is 0 Å². The summed E-state index contributed by atoms with van der Waals surface area (Å²) in [6.07, 6.45) is 0. The molecule has 4 heteroatoms. The van der Waals surface area contributed by atoms with Crippen molar-refractivity contribution in [1.82, 2.24) is 0 Å². The summed E-state index contributed by atoms with van der Waals surface area (Å²) in [6, 6.07) is 31.8. The number of hydrogen-bond acceptors (Lipinski definition) is 4. The van der Waals surface area contributed by atoms with Crippen LogP contribution in [0, 0.1) is 5.41 Å². The number of benzene rings is 4. The van der Waals surface area contributed by atoms with Gasteiger partial charge in [-0.2, -0.15) is 11.8 Å². The van der Waals surface area contributed by atoms with Crippen LogP contribution in [0.15, 0.2) is 95.4 Å². The van der Waals surface area contributed by atoms with Gasteiger partial charge in [0.1, 0.15) is 11.2 Å². The first-order valence-electron chi connectivity index (χ1n) is 11.7. The molecule has 0 saturated heterocycles. The second kappa shape index (κ2) is 9.63. The van der Waals surface area contributed by atoms with E-state index in [0.29, 0.717) is 0 Å². The number of fused-ring (bicyclic) bond motifs is 3. The van der Waals surface area contributed by atoms with Crippen LogP contribution in [0.25, 0.3) is 44.2 Å². The van der Waals surface area contributed by atoms with E-state index in [9.17, 15) is 4.79 Å². The fourth-order valence-corrected chi connectivity index (χ4v) is 5.53. The Labute approximate surface area is 210 Å². The number of methoxy groups -OCH3 is 1. The number of carbonyl (C=O) groups is 1. The second-order valence-corrected chi connectivity index (χ2v) is 10.4. The minimum absolute atomic E-state index is 0.166. The van der Waals surface area contributed by atoms with E-state index in [1.165, 1.54) is 23.8 Å². The SMILES string of the molecule is COC(=O)C(C)(C)CSCc1ccc(-c2ccc(-c3cccc4c3oc3ccccc34)cc2)cc1. The lowest BCUT2D eigenvalue weighted by molar-refractivity contribution is -0.149. The molecule has 5 rings (SSSR count). The van der Waals surface area contributed by atoms with Gasteiger partial charge in [-0.3, -0.25) is 4.79 Å². The smallest absolute Gasteiger partial charge is 0.312 e. The number of hydrogen-bond donors (Lipinski definition) is 0. The molecule has 0 saturated carbocycles. The zero-order valence-electron chi connectivity index (χ0n) is 20.2. The van der Waals surface area contributed by atoms with Gasteiger partial charge in [0.25, 0.3) is 0 Å². The molecule has 0 aliphatic carbocycles. The van der Waals surface area contributed by atoms with Crippen LogP contribution in [0.2, 0.25) is 0 Å². The third-order valence-corrected chi connectivity index (χ3v) is 7.82. The number of furan rings is 1. The summed E-state index contributed by atoms with van der Waals surface area (Å²) in [4.78, 5) is 11.9. The zero-order valence-corrected chi connectivity index (χ0v) is 21.0. The van der Waals surface area contributed by atoms with Gasteiger partial charge in [0.2, 0.25) is 0 Å². The van der Waals surface area contributed by atoms with E-state index >= 15 is 0 Å². The van der Waals surface area contributed by atoms with Gasteiger partial charge >= 0.3 is 5.97 Å². The van der Waals surface area contributed by atoms with Gasteiger partial charge in [0, 0.05) is 27.8 Å². The predicted molar refractivity (Wildman–Crippen MR) is 147 cm³/mol. The van der Waals surface area contributed by atoms with Gasteiger partial charge in [0.15, 0.2) is 0 Å². The Morgan fingerprint density at radius 1 is 0.800 bits per heavy atom. The molecular weight excluding hydrogens is 452 g/mol. The molecule has 0 fully saturated rings. The van der Waals surface area contributed by atoms with Crippen LogP contribution in [0.5, 0.6) is 0 Å². The maximum atomic E-state index is 11.9. The molecule has 0 N–H and O–H groups in total. The predicted octanol–water partition coefficient (Wildman–Crippen LogP) is 8.35. The number of ether oxygens (including phenoxy) is 1. The fourth-order valence-electron chi connectivity index (χ4n) is 4.37. The lowest BCUT2D eigenvalue weighted by Crippen LogP contribution is -2.28. The number of rotatable bonds is 7. The van der Waals surface area contributed by atoms with Crippen LogP contribution in [0.4, 0.5) is 0 Å². The summed E-state index contributed by atoms with van der Waals surface area (Å²) >= 11 is 1.75. The van der Waals surface area contributed by atoms with E-state index in [1.54, 1.807) is 11.8 Å². The van der Waals surface area contributed by atoms with Crippen LogP contribution >= 0.6 is 11.8 Å². The second-order valence-electron chi connectivity index (χ2n) is 9.42. The van der Waals surface area contributed by atoms with Crippen molar-refractivity contribution in [2.75, 3.05) is 12.9 Å². The van der Waals surface area contributed by atoms with Gasteiger partial charge in [-0.1, -0.05) is 84.9 Å². The summed E-state index contributed by atoms with van der Waals surface area (Å²) in [5.74, 6) is 1.42. The van der Waals surface area contributed by atoms with Crippen molar-refractivity contribution in [2.24, 2.45) is 5.41 Å². The maximum Gasteiger partial charge on any atom is 0.312 e. The standard InChI is InChI=1S/C31H28O3S/c1-31(2,30(32)33-3)20-35-19-21-11-13-22(14-12-21)23-15-17-24(18-16-23)25-8-6-9-27-26-7-4-5-10-28(26)34-29(25)27/h4-18H,19-20H2,1-3H3. The van der Waals surface area contributed by atoms with E-state index in [4.69, 9.17) is 9.15 Å². The Bertz CT molecular complexity index is 1480. The molecule has 35 heavy (non-hydrogen) atoms. The van der Waals surface area contributed by atoms with Gasteiger partial charge < -0.3 is 9.15 Å². The van der Waals surface area contributed by atoms with Crippen molar-refractivity contribution in [1.29, 1.82) is 0 Å². The number of carbonyl (C=O) groups excluding carboxylic acids is 1. The van der Waals surface area contributed by atoms with Crippen LogP contribution in [0.1, 0.15) is 19.4 Å². The van der Waals surface area contributed by atoms with Crippen LogP contribution < -0.4 is 0 Å². The molecular formula is C31H28O3S. The van der Waals surface area contributed by atoms with Crippen LogP contribution in [-0.4, -0.2) is 18.8 Å². The highest BCUT2D eigenvalue weighted by molar-refractivity contribution is 7.98. The van der Waals surface area contributed by atoms with Crippen molar-refractivity contribution >= 4 is 39.7 Å². The first-order valence-corrected chi connectivity index (χ1v) is 12.9. The molecule has 1 aromatic heterocycles. The third kappa shape index (κ3) is 4.71. The minimum atomic E-state index is -0.478. The Hall–Kier alpha value is -3.50. The van der Waals surface area contributed by atoms with Gasteiger partial charge in [-0.05, 0) is 42.2 Å². The van der Waals surface area contributed by atoms with Crippen molar-refractivity contribution in [3.05, 3.63) is 96.6 Å². The summed E-state index contributed by atoms with van der Waals surface area (Å²) in [5, 5.41) is 2.29. The highest BCUT2D eigenvalue weighted by atomic mass is 32.2. The molecule has 0 amide bonds. The summed E-state index contributed by atoms with van der Waals surface area (Å²) in [6.45, 7) is 3.85. The van der Waals surface area contributed by atoms with Gasteiger partial charge in [0.05, 0.1) is 12.5 Å². The quantitative estimate of drug-likeness (QED) is 0.219. The highest BCUT2D eigenvalue weighted by Crippen LogP contribution is 2.36. The van der Waals surface area contributed by atoms with Crippen LogP contribution in [-0.2, 0) is 15.3 Å². The molecule has 0 unspecified atom stereocenters. The largest absolute Gasteiger partial charge is 0.469 e. The fraction of sp³-hybridized carbons (Fsp3) is 0.194. The normalized spacial score (nSPS) is 11.7. The van der Waals surface area contributed by atoms with Crippen molar-refractivity contribution in [3.8, 4) is 22.3 Å². The lowest BCUT2D eigenvalue weighted by atomic mass is 9.97. The molecule has 0 aliphatic rings. The average molecular weight is 481 g/mol. The molecule has 0 aliphatic heterocycles. The van der Waals surface area contributed by atoms with E-state index in [0.717, 1.165) is 44.6 Å². The highest BCUT2D eigenvalue weighted by Gasteiger charge is 2.28. The molecule has 0 atom stereocenters. The monoisotopic (exact) mass is 480 g/mol.